The number of hydrogen-bond acceptors (Lipinski definition) is 4. The Kier molecular flexibility index (Phi) is 4.99. The molecule has 0 spiro atoms. The molecule has 2 aromatic rings. The van der Waals surface area contributed by atoms with E-state index < -0.39 is 11.7 Å². The van der Waals surface area contributed by atoms with Gasteiger partial charge in [-0.25, -0.2) is 4.68 Å². The summed E-state index contributed by atoms with van der Waals surface area (Å²) in [5, 5.41) is 7.63. The van der Waals surface area contributed by atoms with Gasteiger partial charge < -0.3 is 10.6 Å². The lowest BCUT2D eigenvalue weighted by Crippen LogP contribution is -2.42. The molecule has 0 saturated carbocycles. The van der Waals surface area contributed by atoms with Gasteiger partial charge in [-0.1, -0.05) is 11.3 Å². The summed E-state index contributed by atoms with van der Waals surface area (Å²) in [6.07, 6.45) is -1.44. The van der Waals surface area contributed by atoms with Crippen LogP contribution in [0.4, 0.5) is 13.2 Å². The third-order valence-corrected chi connectivity index (χ3v) is 4.72. The largest absolute Gasteiger partial charge is 0.416 e. The van der Waals surface area contributed by atoms with E-state index in [9.17, 15) is 18.0 Å². The molecule has 1 aliphatic heterocycles. The van der Waals surface area contributed by atoms with Crippen LogP contribution >= 0.6 is 0 Å². The van der Waals surface area contributed by atoms with Crippen LogP contribution in [0, 0.1) is 5.92 Å². The molecule has 1 aromatic carbocycles. The summed E-state index contributed by atoms with van der Waals surface area (Å²) in [4.78, 5) is 14.2. The number of benzene rings is 1. The van der Waals surface area contributed by atoms with Crippen LogP contribution in [0.25, 0.3) is 5.69 Å². The number of likely N-dealkylation sites (tertiary alicyclic amines) is 1. The summed E-state index contributed by atoms with van der Waals surface area (Å²) in [6.45, 7) is 3.13. The molecule has 1 fully saturated rings. The molecule has 0 bridgehead atoms. The number of carbonyl (C=O) groups is 1. The quantitative estimate of drug-likeness (QED) is 0.904. The van der Waals surface area contributed by atoms with Crippen LogP contribution in [0.1, 0.15) is 35.8 Å². The summed E-state index contributed by atoms with van der Waals surface area (Å²) < 4.78 is 39.7. The Morgan fingerprint density at radius 1 is 1.31 bits per heavy atom. The topological polar surface area (TPSA) is 77.0 Å². The minimum Gasteiger partial charge on any atom is -0.337 e. The first kappa shape index (κ1) is 18.4. The molecular formula is C17H20F3N5O. The molecule has 6 nitrogen and oxygen atoms in total. The van der Waals surface area contributed by atoms with Gasteiger partial charge in [0.1, 0.15) is 0 Å². The van der Waals surface area contributed by atoms with Crippen molar-refractivity contribution in [2.75, 3.05) is 13.1 Å². The molecule has 140 valence electrons. The van der Waals surface area contributed by atoms with Crippen molar-refractivity contribution in [3.05, 3.63) is 41.7 Å². The molecule has 1 unspecified atom stereocenters. The highest BCUT2D eigenvalue weighted by molar-refractivity contribution is 5.92. The smallest absolute Gasteiger partial charge is 0.337 e. The van der Waals surface area contributed by atoms with Crippen LogP contribution in [0.3, 0.4) is 0 Å². The van der Waals surface area contributed by atoms with Gasteiger partial charge in [-0.15, -0.1) is 5.10 Å². The summed E-state index contributed by atoms with van der Waals surface area (Å²) in [7, 11) is 0. The van der Waals surface area contributed by atoms with Gasteiger partial charge >= 0.3 is 6.18 Å². The van der Waals surface area contributed by atoms with Crippen LogP contribution in [0.2, 0.25) is 0 Å². The molecule has 3 rings (SSSR count). The Balaban J connectivity index is 1.73. The van der Waals surface area contributed by atoms with Gasteiger partial charge in [-0.05, 0) is 43.9 Å². The van der Waals surface area contributed by atoms with E-state index in [0.717, 1.165) is 25.0 Å². The Hall–Kier alpha value is -2.42. The second kappa shape index (κ2) is 7.06. The lowest BCUT2D eigenvalue weighted by atomic mass is 9.91. The Labute approximate surface area is 148 Å². The second-order valence-corrected chi connectivity index (χ2v) is 6.59. The number of amides is 1. The highest BCUT2D eigenvalue weighted by atomic mass is 19.4. The number of hydrogen-bond donors (Lipinski definition) is 1. The molecule has 1 saturated heterocycles. The molecule has 2 heterocycles. The third-order valence-electron chi connectivity index (χ3n) is 4.72. The Bertz CT molecular complexity index is 779. The highest BCUT2D eigenvalue weighted by Crippen LogP contribution is 2.30. The van der Waals surface area contributed by atoms with Crippen molar-refractivity contribution in [1.29, 1.82) is 0 Å². The molecule has 0 radical (unpaired) electrons. The number of nitrogens with two attached hydrogens (primary N) is 1. The maximum absolute atomic E-state index is 12.8. The van der Waals surface area contributed by atoms with E-state index in [0.29, 0.717) is 19.0 Å². The van der Waals surface area contributed by atoms with E-state index in [1.165, 1.54) is 23.0 Å². The first-order valence-corrected chi connectivity index (χ1v) is 8.40. The fourth-order valence-electron chi connectivity index (χ4n) is 3.10. The van der Waals surface area contributed by atoms with E-state index in [1.54, 1.807) is 4.90 Å². The van der Waals surface area contributed by atoms with Gasteiger partial charge in [0.25, 0.3) is 5.91 Å². The van der Waals surface area contributed by atoms with E-state index in [4.69, 9.17) is 5.73 Å². The van der Waals surface area contributed by atoms with Gasteiger partial charge in [0.05, 0.1) is 17.4 Å². The number of nitrogens with zero attached hydrogens (tertiary/aromatic N) is 4. The Morgan fingerprint density at radius 2 is 2.00 bits per heavy atom. The minimum atomic E-state index is -4.44. The van der Waals surface area contributed by atoms with Gasteiger partial charge in [0.15, 0.2) is 5.69 Å². The Morgan fingerprint density at radius 3 is 2.62 bits per heavy atom. The highest BCUT2D eigenvalue weighted by Gasteiger charge is 2.31. The predicted molar refractivity (Wildman–Crippen MR) is 88.6 cm³/mol. The fraction of sp³-hybridized carbons (Fsp3) is 0.471. The summed E-state index contributed by atoms with van der Waals surface area (Å²) in [5.74, 6) is 0.117. The number of rotatable bonds is 3. The molecule has 1 aliphatic rings. The average Bonchev–Trinajstić information content (AvgIpc) is 3.10. The molecular weight excluding hydrogens is 347 g/mol. The summed E-state index contributed by atoms with van der Waals surface area (Å²) in [5.41, 5.74) is 5.43. The first-order chi connectivity index (χ1) is 12.3. The average molecular weight is 367 g/mol. The summed E-state index contributed by atoms with van der Waals surface area (Å²) >= 11 is 0. The summed E-state index contributed by atoms with van der Waals surface area (Å²) in [6, 6.07) is 4.81. The monoisotopic (exact) mass is 367 g/mol. The molecule has 2 N–H and O–H groups in total. The standard InChI is InChI=1S/C17H20F3N5O/c1-11(21)12-5-7-24(8-6-12)16(26)15-10-25(23-22-15)14-4-2-3-13(9-14)17(18,19)20/h2-4,9-12H,5-8,21H2,1H3. The normalized spacial score (nSPS) is 17.3. The van der Waals surface area contributed by atoms with E-state index >= 15 is 0 Å². The maximum atomic E-state index is 12.8. The maximum Gasteiger partial charge on any atom is 0.416 e. The molecule has 0 aliphatic carbocycles. The van der Waals surface area contributed by atoms with Crippen LogP contribution in [0.15, 0.2) is 30.5 Å². The lowest BCUT2D eigenvalue weighted by Gasteiger charge is -2.33. The van der Waals surface area contributed by atoms with Gasteiger partial charge in [0.2, 0.25) is 0 Å². The molecule has 1 aromatic heterocycles. The zero-order valence-corrected chi connectivity index (χ0v) is 14.3. The van der Waals surface area contributed by atoms with E-state index in [-0.39, 0.29) is 23.3 Å². The van der Waals surface area contributed by atoms with Crippen molar-refractivity contribution in [3.8, 4) is 5.69 Å². The van der Waals surface area contributed by atoms with Crippen molar-refractivity contribution < 1.29 is 18.0 Å². The molecule has 26 heavy (non-hydrogen) atoms. The number of piperidine rings is 1. The van der Waals surface area contributed by atoms with Crippen LogP contribution in [0.5, 0.6) is 0 Å². The number of carbonyl (C=O) groups excluding carboxylic acids is 1. The van der Waals surface area contributed by atoms with Crippen molar-refractivity contribution in [2.45, 2.75) is 32.0 Å². The van der Waals surface area contributed by atoms with Gasteiger partial charge in [-0.3, -0.25) is 4.79 Å². The zero-order valence-electron chi connectivity index (χ0n) is 14.3. The van der Waals surface area contributed by atoms with Crippen LogP contribution in [-0.2, 0) is 6.18 Å². The van der Waals surface area contributed by atoms with E-state index in [1.807, 2.05) is 6.92 Å². The molecule has 1 atom stereocenters. The first-order valence-electron chi connectivity index (χ1n) is 8.40. The van der Waals surface area contributed by atoms with E-state index in [2.05, 4.69) is 10.3 Å². The minimum absolute atomic E-state index is 0.0917. The van der Waals surface area contributed by atoms with Gasteiger partial charge in [-0.2, -0.15) is 13.2 Å². The molecule has 9 heteroatoms. The predicted octanol–water partition coefficient (Wildman–Crippen LogP) is 2.49. The lowest BCUT2D eigenvalue weighted by molar-refractivity contribution is -0.137. The van der Waals surface area contributed by atoms with Crippen molar-refractivity contribution in [2.24, 2.45) is 11.7 Å². The SMILES string of the molecule is CC(N)C1CCN(C(=O)c2cn(-c3cccc(C(F)(F)F)c3)nn2)CC1. The molecule has 1 amide bonds. The van der Waals surface area contributed by atoms with Gasteiger partial charge in [0, 0.05) is 19.1 Å². The number of alkyl halides is 3. The third kappa shape index (κ3) is 3.87. The van der Waals surface area contributed by atoms with Crippen LogP contribution in [-0.4, -0.2) is 44.9 Å². The zero-order chi connectivity index (χ0) is 18.9. The number of aromatic nitrogens is 3. The second-order valence-electron chi connectivity index (χ2n) is 6.59. The van der Waals surface area contributed by atoms with Crippen molar-refractivity contribution in [3.63, 3.8) is 0 Å². The van der Waals surface area contributed by atoms with Crippen molar-refractivity contribution in [1.82, 2.24) is 19.9 Å². The van der Waals surface area contributed by atoms with Crippen LogP contribution < -0.4 is 5.73 Å². The fourth-order valence-corrected chi connectivity index (χ4v) is 3.10. The van der Waals surface area contributed by atoms with Crippen molar-refractivity contribution >= 4 is 5.91 Å². The number of halogens is 3.